The summed E-state index contributed by atoms with van der Waals surface area (Å²) in [5, 5.41) is 8.35. The fourth-order valence-corrected chi connectivity index (χ4v) is 3.63. The van der Waals surface area contributed by atoms with Gasteiger partial charge in [-0.05, 0) is 52.3 Å². The van der Waals surface area contributed by atoms with E-state index in [9.17, 15) is 0 Å². The van der Waals surface area contributed by atoms with Crippen molar-refractivity contribution in [1.82, 2.24) is 20.0 Å². The molecule has 0 radical (unpaired) electrons. The lowest BCUT2D eigenvalue weighted by atomic mass is 9.75. The average molecular weight is 276 g/mol. The van der Waals surface area contributed by atoms with E-state index >= 15 is 0 Å². The van der Waals surface area contributed by atoms with Crippen LogP contribution < -0.4 is 5.32 Å². The first-order valence-corrected chi connectivity index (χ1v) is 8.12. The van der Waals surface area contributed by atoms with Gasteiger partial charge in [0.2, 0.25) is 0 Å². The largest absolute Gasteiger partial charge is 0.309 e. The second-order valence-corrected chi connectivity index (χ2v) is 6.80. The number of nitrogens with one attached hydrogen (secondary N) is 1. The molecule has 2 aliphatic rings. The topological polar surface area (TPSA) is 33.1 Å². The van der Waals surface area contributed by atoms with Crippen LogP contribution in [0.3, 0.4) is 0 Å². The summed E-state index contributed by atoms with van der Waals surface area (Å²) >= 11 is 0. The van der Waals surface area contributed by atoms with Gasteiger partial charge in [-0.15, -0.1) is 0 Å². The van der Waals surface area contributed by atoms with Gasteiger partial charge in [0.15, 0.2) is 0 Å². The third-order valence-electron chi connectivity index (χ3n) is 5.36. The molecule has 0 atom stereocenters. The summed E-state index contributed by atoms with van der Waals surface area (Å²) in [5.74, 6) is 0. The molecule has 4 nitrogen and oxygen atoms in total. The van der Waals surface area contributed by atoms with E-state index in [0.29, 0.717) is 11.6 Å². The van der Waals surface area contributed by atoms with Crippen molar-refractivity contribution in [3.8, 4) is 0 Å². The summed E-state index contributed by atoms with van der Waals surface area (Å²) in [4.78, 5) is 2.39. The molecule has 0 aliphatic heterocycles. The Bertz CT molecular complexity index is 427. The Morgan fingerprint density at radius 3 is 2.65 bits per heavy atom. The first kappa shape index (κ1) is 14.1. The second-order valence-electron chi connectivity index (χ2n) is 6.80. The summed E-state index contributed by atoms with van der Waals surface area (Å²) in [5.41, 5.74) is 1.58. The molecule has 0 aromatic carbocycles. The summed E-state index contributed by atoms with van der Waals surface area (Å²) in [6, 6.07) is 2.83. The molecule has 112 valence electrons. The van der Waals surface area contributed by atoms with E-state index in [4.69, 9.17) is 5.10 Å². The van der Waals surface area contributed by atoms with Gasteiger partial charge in [-0.2, -0.15) is 5.10 Å². The van der Waals surface area contributed by atoms with Crippen molar-refractivity contribution in [3.63, 3.8) is 0 Å². The van der Waals surface area contributed by atoms with Gasteiger partial charge in [-0.1, -0.05) is 12.8 Å². The second kappa shape index (κ2) is 5.86. The van der Waals surface area contributed by atoms with Crippen LogP contribution in [-0.4, -0.2) is 40.9 Å². The Balaban J connectivity index is 1.49. The fourth-order valence-electron chi connectivity index (χ4n) is 3.63. The van der Waals surface area contributed by atoms with E-state index in [0.717, 1.165) is 13.1 Å². The normalized spacial score (nSPS) is 22.4. The van der Waals surface area contributed by atoms with E-state index in [1.807, 2.05) is 0 Å². The maximum atomic E-state index is 4.74. The highest BCUT2D eigenvalue weighted by molar-refractivity contribution is 5.02. The van der Waals surface area contributed by atoms with Crippen molar-refractivity contribution in [1.29, 1.82) is 0 Å². The Kier molecular flexibility index (Phi) is 4.13. The Morgan fingerprint density at radius 1 is 1.30 bits per heavy atom. The summed E-state index contributed by atoms with van der Waals surface area (Å²) < 4.78 is 2.19. The molecule has 4 heteroatoms. The van der Waals surface area contributed by atoms with Gasteiger partial charge in [0.1, 0.15) is 0 Å². The number of hydrogen-bond donors (Lipinski definition) is 1. The van der Waals surface area contributed by atoms with Gasteiger partial charge >= 0.3 is 0 Å². The Labute approximate surface area is 122 Å². The van der Waals surface area contributed by atoms with Gasteiger partial charge in [0, 0.05) is 24.8 Å². The SMILES string of the molecule is CN(C)C1(CNCc2ccn(C3CCCC3)n2)CCC1. The van der Waals surface area contributed by atoms with Crippen molar-refractivity contribution in [3.05, 3.63) is 18.0 Å². The van der Waals surface area contributed by atoms with Crippen molar-refractivity contribution < 1.29 is 0 Å². The van der Waals surface area contributed by atoms with Crippen LogP contribution in [0.15, 0.2) is 12.3 Å². The van der Waals surface area contributed by atoms with Gasteiger partial charge in [-0.3, -0.25) is 4.68 Å². The highest BCUT2D eigenvalue weighted by atomic mass is 15.3. The average Bonchev–Trinajstić information content (AvgIpc) is 3.02. The molecule has 1 heterocycles. The zero-order valence-electron chi connectivity index (χ0n) is 12.9. The summed E-state index contributed by atoms with van der Waals surface area (Å²) in [6.45, 7) is 1.98. The minimum atomic E-state index is 0.397. The molecule has 0 bridgehead atoms. The first-order valence-electron chi connectivity index (χ1n) is 8.12. The molecule has 1 N–H and O–H groups in total. The maximum absolute atomic E-state index is 4.74. The molecule has 3 rings (SSSR count). The number of rotatable bonds is 6. The smallest absolute Gasteiger partial charge is 0.0762 e. The summed E-state index contributed by atoms with van der Waals surface area (Å²) in [7, 11) is 4.41. The molecule has 1 aromatic rings. The molecule has 0 unspecified atom stereocenters. The molecule has 1 aromatic heterocycles. The molecular formula is C16H28N4. The van der Waals surface area contributed by atoms with Crippen molar-refractivity contribution in [2.75, 3.05) is 20.6 Å². The lowest BCUT2D eigenvalue weighted by Gasteiger charge is -2.47. The molecule has 2 aliphatic carbocycles. The number of nitrogens with zero attached hydrogens (tertiary/aromatic N) is 3. The first-order chi connectivity index (χ1) is 9.70. The highest BCUT2D eigenvalue weighted by Gasteiger charge is 2.38. The van der Waals surface area contributed by atoms with Crippen LogP contribution in [-0.2, 0) is 6.54 Å². The molecular weight excluding hydrogens is 248 g/mol. The lowest BCUT2D eigenvalue weighted by molar-refractivity contribution is 0.0597. The number of aromatic nitrogens is 2. The monoisotopic (exact) mass is 276 g/mol. The quantitative estimate of drug-likeness (QED) is 0.867. The van der Waals surface area contributed by atoms with Crippen LogP contribution in [0.5, 0.6) is 0 Å². The van der Waals surface area contributed by atoms with Gasteiger partial charge in [0.05, 0.1) is 11.7 Å². The predicted octanol–water partition coefficient (Wildman–Crippen LogP) is 2.57. The molecule has 20 heavy (non-hydrogen) atoms. The van der Waals surface area contributed by atoms with E-state index in [2.05, 4.69) is 41.3 Å². The molecule has 0 saturated heterocycles. The summed E-state index contributed by atoms with van der Waals surface area (Å²) in [6.07, 6.45) is 11.5. The van der Waals surface area contributed by atoms with Crippen LogP contribution in [0.25, 0.3) is 0 Å². The van der Waals surface area contributed by atoms with Crippen LogP contribution in [0, 0.1) is 0 Å². The number of likely N-dealkylation sites (N-methyl/N-ethyl adjacent to an activating group) is 1. The third-order valence-corrected chi connectivity index (χ3v) is 5.36. The minimum Gasteiger partial charge on any atom is -0.309 e. The molecule has 0 spiro atoms. The van der Waals surface area contributed by atoms with Crippen LogP contribution in [0.2, 0.25) is 0 Å². The van der Waals surface area contributed by atoms with Crippen molar-refractivity contribution >= 4 is 0 Å². The van der Waals surface area contributed by atoms with Crippen molar-refractivity contribution in [2.45, 2.75) is 63.1 Å². The van der Waals surface area contributed by atoms with E-state index in [1.54, 1.807) is 0 Å². The predicted molar refractivity (Wildman–Crippen MR) is 81.7 cm³/mol. The highest BCUT2D eigenvalue weighted by Crippen LogP contribution is 2.35. The molecule has 0 amide bonds. The molecule has 2 fully saturated rings. The maximum Gasteiger partial charge on any atom is 0.0762 e. The fraction of sp³-hybridized carbons (Fsp3) is 0.812. The third kappa shape index (κ3) is 2.77. The minimum absolute atomic E-state index is 0.397. The van der Waals surface area contributed by atoms with E-state index in [1.165, 1.54) is 50.6 Å². The van der Waals surface area contributed by atoms with Gasteiger partial charge in [-0.25, -0.2) is 0 Å². The van der Waals surface area contributed by atoms with Crippen LogP contribution in [0.1, 0.15) is 56.7 Å². The number of hydrogen-bond acceptors (Lipinski definition) is 3. The zero-order valence-corrected chi connectivity index (χ0v) is 12.9. The van der Waals surface area contributed by atoms with E-state index < -0.39 is 0 Å². The van der Waals surface area contributed by atoms with Gasteiger partial charge < -0.3 is 10.2 Å². The Morgan fingerprint density at radius 2 is 2.05 bits per heavy atom. The molecule has 2 saturated carbocycles. The standard InChI is InChI=1S/C16H28N4/c1-19(2)16(9-5-10-16)13-17-12-14-8-11-20(18-14)15-6-3-4-7-15/h8,11,15,17H,3-7,9-10,12-13H2,1-2H3. The lowest BCUT2D eigenvalue weighted by Crippen LogP contribution is -2.56. The Hall–Kier alpha value is -0.870. The van der Waals surface area contributed by atoms with Gasteiger partial charge in [0.25, 0.3) is 0 Å². The van der Waals surface area contributed by atoms with Crippen LogP contribution in [0.4, 0.5) is 0 Å². The van der Waals surface area contributed by atoms with Crippen molar-refractivity contribution in [2.24, 2.45) is 0 Å². The van der Waals surface area contributed by atoms with Crippen LogP contribution >= 0.6 is 0 Å². The zero-order chi connectivity index (χ0) is 14.0. The van der Waals surface area contributed by atoms with E-state index in [-0.39, 0.29) is 0 Å².